The fourth-order valence-electron chi connectivity index (χ4n) is 2.56. The Morgan fingerprint density at radius 1 is 1.24 bits per heavy atom. The van der Waals surface area contributed by atoms with Crippen LogP contribution in [0.15, 0.2) is 51.9 Å². The van der Waals surface area contributed by atoms with E-state index >= 15 is 0 Å². The van der Waals surface area contributed by atoms with Gasteiger partial charge in [0.2, 0.25) is 0 Å². The predicted octanol–water partition coefficient (Wildman–Crippen LogP) is 4.81. The van der Waals surface area contributed by atoms with Crippen LogP contribution in [-0.4, -0.2) is 22.5 Å². The van der Waals surface area contributed by atoms with Gasteiger partial charge >= 0.3 is 0 Å². The summed E-state index contributed by atoms with van der Waals surface area (Å²) in [5.74, 6) is 0.883. The largest absolute Gasteiger partial charge is 0.316 e. The average molecular weight is 435 g/mol. The molecule has 0 radical (unpaired) electrons. The summed E-state index contributed by atoms with van der Waals surface area (Å²) in [5.41, 5.74) is 3.32. The number of thioether (sulfide) groups is 1. The zero-order chi connectivity index (χ0) is 17.8. The number of hydrogen-bond acceptors (Lipinski definition) is 3. The molecule has 1 amide bonds. The highest BCUT2D eigenvalue weighted by atomic mass is 79.9. The van der Waals surface area contributed by atoms with E-state index in [1.54, 1.807) is 23.1 Å². The number of hydrogen-bond donors (Lipinski definition) is 0. The third-order valence-corrected chi connectivity index (χ3v) is 5.99. The molecule has 2 aromatic carbocycles. The zero-order valence-corrected chi connectivity index (χ0v) is 17.4. The second-order valence-electron chi connectivity index (χ2n) is 5.81. The fourth-order valence-corrected chi connectivity index (χ4v) is 4.55. The third kappa shape index (κ3) is 4.63. The van der Waals surface area contributed by atoms with Crippen LogP contribution in [0, 0.1) is 6.92 Å². The van der Waals surface area contributed by atoms with Crippen LogP contribution in [0.4, 0.5) is 0 Å². The number of thiazole rings is 1. The maximum atomic E-state index is 12.4. The summed E-state index contributed by atoms with van der Waals surface area (Å²) < 4.78 is 4.32. The van der Waals surface area contributed by atoms with Crippen molar-refractivity contribution in [3.8, 4) is 0 Å². The standard InChI is InChI=1S/C19H19BrN2OS2/c1-13-3-5-14(6-4-13)11-18(23)21-19-22(9-10-24-2)16-8-7-15(20)12-17(16)25-19/h3-8,12H,9-11H2,1-2H3. The van der Waals surface area contributed by atoms with Gasteiger partial charge in [0, 0.05) is 16.8 Å². The van der Waals surface area contributed by atoms with Crippen LogP contribution in [0.25, 0.3) is 10.2 Å². The van der Waals surface area contributed by atoms with E-state index in [2.05, 4.69) is 43.9 Å². The van der Waals surface area contributed by atoms with E-state index in [0.717, 1.165) is 37.4 Å². The zero-order valence-electron chi connectivity index (χ0n) is 14.2. The molecule has 6 heteroatoms. The number of amides is 1. The second kappa shape index (κ2) is 8.34. The summed E-state index contributed by atoms with van der Waals surface area (Å²) in [6.07, 6.45) is 2.42. The summed E-state index contributed by atoms with van der Waals surface area (Å²) >= 11 is 6.87. The highest BCUT2D eigenvalue weighted by Crippen LogP contribution is 2.22. The first-order valence-corrected chi connectivity index (χ1v) is 11.0. The predicted molar refractivity (Wildman–Crippen MR) is 111 cm³/mol. The molecular formula is C19H19BrN2OS2. The van der Waals surface area contributed by atoms with E-state index in [1.807, 2.05) is 37.3 Å². The Bertz CT molecular complexity index is 958. The summed E-state index contributed by atoms with van der Waals surface area (Å²) in [4.78, 5) is 17.6. The van der Waals surface area contributed by atoms with Crippen LogP contribution >= 0.6 is 39.0 Å². The molecule has 0 N–H and O–H groups in total. The first-order chi connectivity index (χ1) is 12.1. The van der Waals surface area contributed by atoms with Gasteiger partial charge in [-0.2, -0.15) is 16.8 Å². The van der Waals surface area contributed by atoms with E-state index in [9.17, 15) is 4.79 Å². The molecule has 0 unspecified atom stereocenters. The molecule has 130 valence electrons. The summed E-state index contributed by atoms with van der Waals surface area (Å²) in [7, 11) is 0. The Kier molecular flexibility index (Phi) is 6.15. The van der Waals surface area contributed by atoms with Gasteiger partial charge in [-0.05, 0) is 36.9 Å². The lowest BCUT2D eigenvalue weighted by atomic mass is 10.1. The molecule has 25 heavy (non-hydrogen) atoms. The Balaban J connectivity index is 1.96. The molecule has 1 aromatic heterocycles. The van der Waals surface area contributed by atoms with Gasteiger partial charge in [-0.3, -0.25) is 4.79 Å². The van der Waals surface area contributed by atoms with E-state index in [4.69, 9.17) is 0 Å². The number of rotatable bonds is 5. The first kappa shape index (κ1) is 18.4. The van der Waals surface area contributed by atoms with Gasteiger partial charge in [0.25, 0.3) is 5.91 Å². The normalized spacial score (nSPS) is 12.0. The van der Waals surface area contributed by atoms with E-state index < -0.39 is 0 Å². The summed E-state index contributed by atoms with van der Waals surface area (Å²) in [5, 5.41) is 0. The molecule has 0 saturated heterocycles. The molecule has 0 aliphatic carbocycles. The second-order valence-corrected chi connectivity index (χ2v) is 8.72. The van der Waals surface area contributed by atoms with Gasteiger partial charge in [0.05, 0.1) is 16.6 Å². The van der Waals surface area contributed by atoms with Crippen molar-refractivity contribution in [1.29, 1.82) is 0 Å². The van der Waals surface area contributed by atoms with Crippen molar-refractivity contribution in [3.63, 3.8) is 0 Å². The topological polar surface area (TPSA) is 34.4 Å². The van der Waals surface area contributed by atoms with E-state index in [-0.39, 0.29) is 5.91 Å². The van der Waals surface area contributed by atoms with Crippen LogP contribution < -0.4 is 4.80 Å². The van der Waals surface area contributed by atoms with Crippen LogP contribution in [-0.2, 0) is 17.8 Å². The van der Waals surface area contributed by atoms with E-state index in [0.29, 0.717) is 6.42 Å². The lowest BCUT2D eigenvalue weighted by molar-refractivity contribution is -0.117. The monoisotopic (exact) mass is 434 g/mol. The molecular weight excluding hydrogens is 416 g/mol. The van der Waals surface area contributed by atoms with Crippen molar-refractivity contribution in [2.45, 2.75) is 19.9 Å². The molecule has 3 aromatic rings. The van der Waals surface area contributed by atoms with Crippen molar-refractivity contribution < 1.29 is 4.79 Å². The van der Waals surface area contributed by atoms with Crippen molar-refractivity contribution in [1.82, 2.24) is 4.57 Å². The molecule has 0 aliphatic rings. The van der Waals surface area contributed by atoms with Gasteiger partial charge in [-0.15, -0.1) is 0 Å². The Morgan fingerprint density at radius 2 is 2.00 bits per heavy atom. The lowest BCUT2D eigenvalue weighted by Gasteiger charge is -2.04. The quantitative estimate of drug-likeness (QED) is 0.577. The Hall–Kier alpha value is -1.37. The lowest BCUT2D eigenvalue weighted by Crippen LogP contribution is -2.18. The summed E-state index contributed by atoms with van der Waals surface area (Å²) in [6, 6.07) is 14.2. The molecule has 0 atom stereocenters. The van der Waals surface area contributed by atoms with Crippen LogP contribution in [0.1, 0.15) is 11.1 Å². The number of carbonyl (C=O) groups excluding carboxylic acids is 1. The van der Waals surface area contributed by atoms with Gasteiger partial charge < -0.3 is 4.57 Å². The fraction of sp³-hybridized carbons (Fsp3) is 0.263. The van der Waals surface area contributed by atoms with Crippen molar-refractivity contribution in [2.75, 3.05) is 12.0 Å². The van der Waals surface area contributed by atoms with Crippen molar-refractivity contribution in [2.24, 2.45) is 4.99 Å². The van der Waals surface area contributed by atoms with Gasteiger partial charge in [0.1, 0.15) is 0 Å². The van der Waals surface area contributed by atoms with Crippen molar-refractivity contribution >= 4 is 55.2 Å². The Labute approximate surface area is 163 Å². The number of carbonyl (C=O) groups is 1. The number of halogens is 1. The average Bonchev–Trinajstić information content (AvgIpc) is 2.91. The molecule has 3 nitrogen and oxygen atoms in total. The molecule has 0 aliphatic heterocycles. The molecule has 0 saturated carbocycles. The molecule has 3 rings (SSSR count). The molecule has 0 spiro atoms. The number of nitrogens with zero attached hydrogens (tertiary/aromatic N) is 2. The van der Waals surface area contributed by atoms with Gasteiger partial charge in [-0.25, -0.2) is 0 Å². The number of fused-ring (bicyclic) bond motifs is 1. The minimum atomic E-state index is -0.104. The van der Waals surface area contributed by atoms with Crippen molar-refractivity contribution in [3.05, 3.63) is 62.9 Å². The Morgan fingerprint density at radius 3 is 2.72 bits per heavy atom. The van der Waals surface area contributed by atoms with Crippen LogP contribution in [0.5, 0.6) is 0 Å². The maximum absolute atomic E-state index is 12.4. The smallest absolute Gasteiger partial charge is 0.252 e. The van der Waals surface area contributed by atoms with E-state index in [1.165, 1.54) is 5.56 Å². The van der Waals surface area contributed by atoms with Crippen LogP contribution in [0.2, 0.25) is 0 Å². The van der Waals surface area contributed by atoms with Crippen LogP contribution in [0.3, 0.4) is 0 Å². The number of aromatic nitrogens is 1. The number of aryl methyl sites for hydroxylation is 2. The maximum Gasteiger partial charge on any atom is 0.252 e. The minimum Gasteiger partial charge on any atom is -0.316 e. The first-order valence-electron chi connectivity index (χ1n) is 7.98. The number of benzene rings is 2. The third-order valence-electron chi connectivity index (χ3n) is 3.86. The molecule has 0 bridgehead atoms. The highest BCUT2D eigenvalue weighted by molar-refractivity contribution is 9.10. The molecule has 1 heterocycles. The highest BCUT2D eigenvalue weighted by Gasteiger charge is 2.09. The van der Waals surface area contributed by atoms with Gasteiger partial charge in [0.15, 0.2) is 4.80 Å². The SMILES string of the molecule is CSCCn1c(=NC(=O)Cc2ccc(C)cc2)sc2cc(Br)ccc21. The summed E-state index contributed by atoms with van der Waals surface area (Å²) in [6.45, 7) is 2.89. The van der Waals surface area contributed by atoms with Gasteiger partial charge in [-0.1, -0.05) is 57.1 Å². The minimum absolute atomic E-state index is 0.104. The molecule has 0 fully saturated rings.